The molecule has 3 rings (SSSR count). The van der Waals surface area contributed by atoms with E-state index in [-0.39, 0.29) is 48.9 Å². The highest BCUT2D eigenvalue weighted by Gasteiger charge is 2.34. The monoisotopic (exact) mass is 469 g/mol. The molecular formula is C26H32FN3O4. The van der Waals surface area contributed by atoms with Crippen molar-refractivity contribution in [2.75, 3.05) is 40.5 Å². The van der Waals surface area contributed by atoms with Crippen LogP contribution in [0.25, 0.3) is 0 Å². The highest BCUT2D eigenvalue weighted by atomic mass is 19.1. The highest BCUT2D eigenvalue weighted by Crippen LogP contribution is 2.27. The number of pyridine rings is 1. The lowest BCUT2D eigenvalue weighted by atomic mass is 9.99. The number of halogens is 1. The van der Waals surface area contributed by atoms with Gasteiger partial charge >= 0.3 is 0 Å². The second kappa shape index (κ2) is 11.9. The number of amides is 1. The van der Waals surface area contributed by atoms with E-state index in [0.29, 0.717) is 36.3 Å². The van der Waals surface area contributed by atoms with Crippen molar-refractivity contribution in [1.82, 2.24) is 14.8 Å². The average molecular weight is 470 g/mol. The summed E-state index contributed by atoms with van der Waals surface area (Å²) in [5.74, 6) is 5.46. The van der Waals surface area contributed by atoms with Crippen molar-refractivity contribution in [1.29, 1.82) is 0 Å². The lowest BCUT2D eigenvalue weighted by Crippen LogP contribution is -2.49. The fourth-order valence-corrected chi connectivity index (χ4v) is 3.89. The third kappa shape index (κ3) is 6.32. The van der Waals surface area contributed by atoms with Crippen LogP contribution in [0.4, 0.5) is 4.39 Å². The standard InChI is InChI=1S/C26H32FN3O4/c1-18-14-30(19(2)17-31)26(32)22-12-20(8-7-11-33-4)13-28-25(22)34-24(18)16-29(3)15-21-9-5-6-10-23(21)27/h5-6,9-10,12-13,18-19,24,31H,11,14-17H2,1-4H3/t18-,19+,24-/m1/s1. The van der Waals surface area contributed by atoms with Crippen LogP contribution < -0.4 is 4.74 Å². The van der Waals surface area contributed by atoms with E-state index in [0.717, 1.165) is 0 Å². The molecule has 0 saturated heterocycles. The molecule has 1 aromatic carbocycles. The minimum absolute atomic E-state index is 0.0582. The first-order valence-electron chi connectivity index (χ1n) is 11.3. The van der Waals surface area contributed by atoms with Gasteiger partial charge < -0.3 is 19.5 Å². The Bertz CT molecular complexity index is 1050. The van der Waals surface area contributed by atoms with Crippen LogP contribution in [0.15, 0.2) is 36.5 Å². The molecule has 1 aliphatic rings. The van der Waals surface area contributed by atoms with Crippen LogP contribution in [0.5, 0.6) is 5.88 Å². The summed E-state index contributed by atoms with van der Waals surface area (Å²) in [7, 11) is 3.47. The molecule has 182 valence electrons. The number of carbonyl (C=O) groups excluding carboxylic acids is 1. The number of fused-ring (bicyclic) bond motifs is 1. The minimum Gasteiger partial charge on any atom is -0.472 e. The molecule has 0 aliphatic carbocycles. The number of rotatable bonds is 7. The first kappa shape index (κ1) is 25.6. The van der Waals surface area contributed by atoms with E-state index >= 15 is 0 Å². The van der Waals surface area contributed by atoms with Gasteiger partial charge in [-0.05, 0) is 26.1 Å². The van der Waals surface area contributed by atoms with Gasteiger partial charge in [0.1, 0.15) is 24.1 Å². The summed E-state index contributed by atoms with van der Waals surface area (Å²) in [4.78, 5) is 21.5. The normalized spacial score (nSPS) is 18.9. The van der Waals surface area contributed by atoms with Gasteiger partial charge in [0.15, 0.2) is 0 Å². The summed E-state index contributed by atoms with van der Waals surface area (Å²) >= 11 is 0. The van der Waals surface area contributed by atoms with Gasteiger partial charge in [-0.2, -0.15) is 0 Å². The lowest BCUT2D eigenvalue weighted by molar-refractivity contribution is 0.0324. The third-order valence-corrected chi connectivity index (χ3v) is 5.86. The molecule has 1 amide bonds. The quantitative estimate of drug-likeness (QED) is 0.629. The Labute approximate surface area is 200 Å². The number of nitrogens with zero attached hydrogens (tertiary/aromatic N) is 3. The Balaban J connectivity index is 1.90. The summed E-state index contributed by atoms with van der Waals surface area (Å²) in [5, 5.41) is 9.78. The van der Waals surface area contributed by atoms with Crippen LogP contribution in [-0.2, 0) is 11.3 Å². The van der Waals surface area contributed by atoms with Gasteiger partial charge in [-0.15, -0.1) is 0 Å². The zero-order chi connectivity index (χ0) is 24.7. The van der Waals surface area contributed by atoms with Crippen molar-refractivity contribution in [3.8, 4) is 17.7 Å². The highest BCUT2D eigenvalue weighted by molar-refractivity contribution is 5.97. The van der Waals surface area contributed by atoms with E-state index < -0.39 is 0 Å². The predicted molar refractivity (Wildman–Crippen MR) is 127 cm³/mol. The molecule has 0 saturated carbocycles. The van der Waals surface area contributed by atoms with Crippen LogP contribution in [0, 0.1) is 23.6 Å². The largest absolute Gasteiger partial charge is 0.472 e. The Hall–Kier alpha value is -2.99. The topological polar surface area (TPSA) is 75.1 Å². The molecule has 2 heterocycles. The molecule has 0 spiro atoms. The number of aliphatic hydroxyl groups is 1. The molecule has 3 atom stereocenters. The van der Waals surface area contributed by atoms with E-state index in [1.54, 1.807) is 36.4 Å². The van der Waals surface area contributed by atoms with Crippen LogP contribution in [0.3, 0.4) is 0 Å². The fraction of sp³-hybridized carbons (Fsp3) is 0.462. The summed E-state index contributed by atoms with van der Waals surface area (Å²) in [5.41, 5.74) is 1.48. The summed E-state index contributed by atoms with van der Waals surface area (Å²) in [6.45, 7) is 5.24. The van der Waals surface area contributed by atoms with Crippen molar-refractivity contribution in [3.63, 3.8) is 0 Å². The number of hydrogen-bond acceptors (Lipinski definition) is 6. The number of hydrogen-bond donors (Lipinski definition) is 1. The first-order chi connectivity index (χ1) is 16.3. The summed E-state index contributed by atoms with van der Waals surface area (Å²) in [6.07, 6.45) is 1.26. The number of aromatic nitrogens is 1. The van der Waals surface area contributed by atoms with Crippen LogP contribution in [0.1, 0.15) is 35.3 Å². The molecule has 7 nitrogen and oxygen atoms in total. The molecule has 1 aromatic heterocycles. The molecule has 2 aromatic rings. The van der Waals surface area contributed by atoms with Gasteiger partial charge in [0, 0.05) is 50.0 Å². The van der Waals surface area contributed by atoms with Crippen LogP contribution in [-0.4, -0.2) is 78.4 Å². The number of ether oxygens (including phenoxy) is 2. The number of carbonyl (C=O) groups is 1. The molecule has 1 aliphatic heterocycles. The molecule has 0 bridgehead atoms. The van der Waals surface area contributed by atoms with E-state index in [2.05, 4.69) is 16.8 Å². The van der Waals surface area contributed by atoms with Gasteiger partial charge in [0.05, 0.1) is 12.6 Å². The van der Waals surface area contributed by atoms with Crippen molar-refractivity contribution in [2.45, 2.75) is 32.5 Å². The molecule has 1 N–H and O–H groups in total. The van der Waals surface area contributed by atoms with Crippen LogP contribution >= 0.6 is 0 Å². The van der Waals surface area contributed by atoms with E-state index in [1.807, 2.05) is 31.9 Å². The lowest BCUT2D eigenvalue weighted by Gasteiger charge is -2.37. The van der Waals surface area contributed by atoms with E-state index in [4.69, 9.17) is 9.47 Å². The van der Waals surface area contributed by atoms with Crippen molar-refractivity contribution < 1.29 is 23.8 Å². The zero-order valence-corrected chi connectivity index (χ0v) is 20.1. The molecule has 0 unspecified atom stereocenters. The van der Waals surface area contributed by atoms with Crippen LogP contribution in [0.2, 0.25) is 0 Å². The molecule has 0 radical (unpaired) electrons. The van der Waals surface area contributed by atoms with Gasteiger partial charge in [-0.3, -0.25) is 9.69 Å². The Morgan fingerprint density at radius 3 is 2.88 bits per heavy atom. The summed E-state index contributed by atoms with van der Waals surface area (Å²) < 4.78 is 25.4. The Morgan fingerprint density at radius 1 is 1.41 bits per heavy atom. The van der Waals surface area contributed by atoms with Gasteiger partial charge in [-0.25, -0.2) is 9.37 Å². The molecule has 0 fully saturated rings. The maximum Gasteiger partial charge on any atom is 0.259 e. The van der Waals surface area contributed by atoms with Gasteiger partial charge in [0.25, 0.3) is 5.91 Å². The molecule has 8 heteroatoms. The number of aliphatic hydroxyl groups excluding tert-OH is 1. The molecular weight excluding hydrogens is 437 g/mol. The maximum atomic E-state index is 14.1. The Kier molecular flexibility index (Phi) is 8.99. The average Bonchev–Trinajstić information content (AvgIpc) is 2.82. The smallest absolute Gasteiger partial charge is 0.259 e. The second-order valence-electron chi connectivity index (χ2n) is 8.72. The van der Waals surface area contributed by atoms with Gasteiger partial charge in [0.2, 0.25) is 5.88 Å². The number of benzene rings is 1. The third-order valence-electron chi connectivity index (χ3n) is 5.86. The van der Waals surface area contributed by atoms with Crippen molar-refractivity contribution in [2.24, 2.45) is 5.92 Å². The van der Waals surface area contributed by atoms with Crippen molar-refractivity contribution in [3.05, 3.63) is 59.0 Å². The Morgan fingerprint density at radius 2 is 2.18 bits per heavy atom. The van der Waals surface area contributed by atoms with Gasteiger partial charge in [-0.1, -0.05) is 37.0 Å². The minimum atomic E-state index is -0.374. The second-order valence-corrected chi connectivity index (χ2v) is 8.72. The number of methoxy groups -OCH3 is 1. The maximum absolute atomic E-state index is 14.1. The fourth-order valence-electron chi connectivity index (χ4n) is 3.89. The first-order valence-corrected chi connectivity index (χ1v) is 11.3. The predicted octanol–water partition coefficient (Wildman–Crippen LogP) is 2.57. The number of likely N-dealkylation sites (N-methyl/N-ethyl adjacent to an activating group) is 1. The van der Waals surface area contributed by atoms with Crippen molar-refractivity contribution >= 4 is 5.91 Å². The summed E-state index contributed by atoms with van der Waals surface area (Å²) in [6, 6.07) is 7.99. The zero-order valence-electron chi connectivity index (χ0n) is 20.1. The SMILES string of the molecule is COCC#Cc1cnc2c(c1)C(=O)N([C@@H](C)CO)C[C@@H](C)[C@@H](CN(C)Cc1ccccc1F)O2. The van der Waals surface area contributed by atoms with E-state index in [9.17, 15) is 14.3 Å². The molecule has 34 heavy (non-hydrogen) atoms. The van der Waals surface area contributed by atoms with E-state index in [1.165, 1.54) is 6.07 Å².